The number of carbonyl (C=O) groups excluding carboxylic acids is 4. The summed E-state index contributed by atoms with van der Waals surface area (Å²) in [5.41, 5.74) is 32.5. The van der Waals surface area contributed by atoms with Crippen LogP contribution < -0.4 is 22.9 Å². The molecule has 9 heterocycles. The van der Waals surface area contributed by atoms with Crippen LogP contribution in [-0.2, 0) is 53.4 Å². The SMILES string of the molecule is CN1C(=O)C(C/C=C/c2cncnc2)[C@@](C)(c2cc(-c3cccc(C#N)c3)cs2)N=C1N.CN1C(=O)C[C@@](C)(c2cc(-c3cc(F)cc(C#N)c3)c(CO)s2)N=C1N.CN1C(=O)C[C@@](C)(c2cc(-c3ccc(F)cc3)c3sccc3c2)N=C1N.CN1C(=O)[C@@H](c2ccc(C(C)(C)C)cc2)[C@@](C)(c2cnn(-c3cccc(C#N)c3)c2)N=C1N. The quantitative estimate of drug-likeness (QED) is 0.0716. The second-order valence-corrected chi connectivity index (χ2v) is 33.5. The molecule has 5 aromatic heterocycles. The Morgan fingerprint density at radius 2 is 1.19 bits per heavy atom. The molecule has 0 spiro atoms. The van der Waals surface area contributed by atoms with Crippen LogP contribution in [0.4, 0.5) is 8.78 Å². The number of aliphatic imine (C=N–C) groups is 4. The van der Waals surface area contributed by atoms with Gasteiger partial charge < -0.3 is 28.0 Å². The number of thiophene rings is 3. The minimum Gasteiger partial charge on any atom is -0.391 e. The van der Waals surface area contributed by atoms with E-state index in [-0.39, 0.29) is 83.7 Å². The van der Waals surface area contributed by atoms with Crippen molar-refractivity contribution in [2.45, 2.75) is 108 Å². The molecule has 6 aromatic carbocycles. The lowest BCUT2D eigenvalue weighted by molar-refractivity contribution is -0.134. The van der Waals surface area contributed by atoms with Crippen molar-refractivity contribution in [3.05, 3.63) is 264 Å². The van der Waals surface area contributed by atoms with Crippen LogP contribution in [0.5, 0.6) is 0 Å². The first kappa shape index (κ1) is 83.2. The third-order valence-corrected chi connectivity index (χ3v) is 24.8. The number of fused-ring (bicyclic) bond motifs is 1. The number of rotatable bonds is 13. The van der Waals surface area contributed by atoms with E-state index in [9.17, 15) is 43.6 Å². The van der Waals surface area contributed by atoms with E-state index in [1.807, 2.05) is 117 Å². The number of aliphatic hydroxyl groups excluding tert-OH is 1. The third-order valence-electron chi connectivity index (χ3n) is 21.3. The van der Waals surface area contributed by atoms with Crippen molar-refractivity contribution in [3.8, 4) is 57.3 Å². The van der Waals surface area contributed by atoms with E-state index in [4.69, 9.17) is 38.2 Å². The molecular weight excluding hydrogens is 1540 g/mol. The van der Waals surface area contributed by atoms with Crippen LogP contribution in [0.25, 0.3) is 55.2 Å². The molecule has 594 valence electrons. The van der Waals surface area contributed by atoms with Gasteiger partial charge in [-0.25, -0.2) is 43.4 Å². The maximum absolute atomic E-state index is 13.8. The largest absolute Gasteiger partial charge is 0.391 e. The third kappa shape index (κ3) is 17.4. The van der Waals surface area contributed by atoms with E-state index >= 15 is 0 Å². The summed E-state index contributed by atoms with van der Waals surface area (Å²) >= 11 is 4.48. The molecule has 4 amide bonds. The Balaban J connectivity index is 0.000000144. The van der Waals surface area contributed by atoms with E-state index in [2.05, 4.69) is 76.2 Å². The van der Waals surface area contributed by atoms with E-state index < -0.39 is 39.8 Å². The molecule has 0 saturated carbocycles. The highest BCUT2D eigenvalue weighted by molar-refractivity contribution is 7.17. The predicted octanol–water partition coefficient (Wildman–Crippen LogP) is 14.0. The lowest BCUT2D eigenvalue weighted by Crippen LogP contribution is -2.53. The average Bonchev–Trinajstić information content (AvgIpc) is 1.74. The normalized spacial score (nSPS) is 20.6. The topological polar surface area (TPSA) is 370 Å². The van der Waals surface area contributed by atoms with Gasteiger partial charge in [-0.2, -0.15) is 20.9 Å². The van der Waals surface area contributed by atoms with Crippen molar-refractivity contribution in [2.75, 3.05) is 28.2 Å². The lowest BCUT2D eigenvalue weighted by atomic mass is 9.74. The number of aromatic nitrogens is 4. The number of guanidine groups is 4. The number of aliphatic hydroxyl groups is 1. The van der Waals surface area contributed by atoms with Crippen molar-refractivity contribution < 1.29 is 33.1 Å². The van der Waals surface area contributed by atoms with Crippen molar-refractivity contribution in [1.29, 1.82) is 15.8 Å². The van der Waals surface area contributed by atoms with Crippen molar-refractivity contribution in [1.82, 2.24) is 39.3 Å². The van der Waals surface area contributed by atoms with E-state index in [1.54, 1.807) is 124 Å². The highest BCUT2D eigenvalue weighted by Gasteiger charge is 2.49. The second kappa shape index (κ2) is 33.7. The Kier molecular flexibility index (Phi) is 23.9. The van der Waals surface area contributed by atoms with Gasteiger partial charge in [-0.15, -0.1) is 34.0 Å². The summed E-state index contributed by atoms with van der Waals surface area (Å²) in [6, 6.07) is 49.5. The minimum atomic E-state index is -0.942. The Morgan fingerprint density at radius 3 is 1.83 bits per heavy atom. The molecule has 0 saturated heterocycles. The number of nitriles is 3. The highest BCUT2D eigenvalue weighted by Crippen LogP contribution is 2.48. The van der Waals surface area contributed by atoms with Gasteiger partial charge in [0.25, 0.3) is 0 Å². The first-order chi connectivity index (χ1) is 55.6. The summed E-state index contributed by atoms with van der Waals surface area (Å²) < 4.78 is 30.0. The zero-order valence-corrected chi connectivity index (χ0v) is 68.6. The van der Waals surface area contributed by atoms with Gasteiger partial charge in [0, 0.05) is 77.2 Å². The summed E-state index contributed by atoms with van der Waals surface area (Å²) in [4.78, 5) is 85.6. The molecule has 0 aliphatic carbocycles. The number of likely N-dealkylation sites (N-methyl/N-ethyl adjacent to an activating group) is 1. The van der Waals surface area contributed by atoms with Crippen LogP contribution in [-0.4, -0.2) is 120 Å². The zero-order valence-electron chi connectivity index (χ0n) is 66.1. The number of amides is 4. The molecule has 4 aliphatic rings. The van der Waals surface area contributed by atoms with Gasteiger partial charge in [-0.05, 0) is 197 Å². The standard InChI is InChI=1S/C26H28N6O.C24H22N6OS.C20H18FN3OS.C18H17FN4O2S/c1-25(2,3)19-11-9-18(10-12-19)22-23(33)31(5)24(28)30-26(22,4)20-15-29-32(16-20)21-8-6-7-17(13-21)14-27;1-24(21-10-19(14-32-21)18-7-3-5-16(9-18)11-25)20(22(31)30(2)23(26)29-24)8-4-6-17-12-27-15-28-13-17;1-20(11-17(25)24(2)19(22)23-20)14-9-13-7-8-26-18(13)16(10-14)12-3-5-15(21)6-4-12;1-18(7-16(25)23(2)17(21)22-18)15-6-13(14(9-24)26-15)11-3-10(8-20)4-12(19)5-11/h6-13,15-16,22H,1-5H3,(H2,28,30);3-7,9-10,12-15,20H,8H2,1-2H3,(H2,26,29);3-10H,11H2,1-2H3,(H2,22,23);3-6,24H,7,9H2,1-2H3,(H2,21,22)/b;6-4+;;/t22-,26-;20?,24-;20-;18-/m1000/s1. The van der Waals surface area contributed by atoms with Crippen molar-refractivity contribution in [3.63, 3.8) is 0 Å². The van der Waals surface area contributed by atoms with Gasteiger partial charge >= 0.3 is 0 Å². The fourth-order valence-corrected chi connectivity index (χ4v) is 17.4. The van der Waals surface area contributed by atoms with Gasteiger partial charge in [-0.3, -0.25) is 38.8 Å². The van der Waals surface area contributed by atoms with Gasteiger partial charge in [0.2, 0.25) is 23.6 Å². The number of hydrogen-bond donors (Lipinski definition) is 5. The molecule has 4 aliphatic heterocycles. The second-order valence-electron chi connectivity index (χ2n) is 30.5. The summed E-state index contributed by atoms with van der Waals surface area (Å²) in [6.07, 6.45) is 13.2. The predicted molar refractivity (Wildman–Crippen MR) is 454 cm³/mol. The number of halogens is 2. The van der Waals surface area contributed by atoms with Gasteiger partial charge in [0.15, 0.2) is 23.8 Å². The summed E-state index contributed by atoms with van der Waals surface area (Å²) in [5, 5.41) is 46.8. The summed E-state index contributed by atoms with van der Waals surface area (Å²) in [7, 11) is 6.49. The summed E-state index contributed by atoms with van der Waals surface area (Å²) in [6.45, 7) is 13.8. The van der Waals surface area contributed by atoms with E-state index in [1.165, 1.54) is 61.0 Å². The van der Waals surface area contributed by atoms with Gasteiger partial charge in [-0.1, -0.05) is 87.5 Å². The Morgan fingerprint density at radius 1 is 0.581 bits per heavy atom. The zero-order chi connectivity index (χ0) is 84.2. The fraction of sp³-hybridized carbons (Fsp3) is 0.250. The Hall–Kier alpha value is -13.2. The maximum atomic E-state index is 13.8. The molecule has 1 unspecified atom stereocenters. The maximum Gasteiger partial charge on any atom is 0.239 e. The molecule has 0 radical (unpaired) electrons. The number of carbonyl (C=O) groups is 4. The number of allylic oxidation sites excluding steroid dienone is 1. The van der Waals surface area contributed by atoms with Crippen LogP contribution in [0.1, 0.15) is 133 Å². The van der Waals surface area contributed by atoms with Crippen LogP contribution >= 0.6 is 34.0 Å². The van der Waals surface area contributed by atoms with Gasteiger partial charge in [0.05, 0.1) is 83.6 Å². The highest BCUT2D eigenvalue weighted by atomic mass is 32.1. The number of benzene rings is 6. The van der Waals surface area contributed by atoms with Crippen LogP contribution in [0.3, 0.4) is 0 Å². The van der Waals surface area contributed by atoms with Gasteiger partial charge in [0.1, 0.15) is 34.6 Å². The van der Waals surface area contributed by atoms with Crippen LogP contribution in [0, 0.1) is 51.5 Å². The fourth-order valence-electron chi connectivity index (χ4n) is 14.3. The van der Waals surface area contributed by atoms with Crippen LogP contribution in [0.15, 0.2) is 214 Å². The molecule has 15 rings (SSSR count). The molecule has 24 nitrogen and oxygen atoms in total. The molecular formula is C88H85F2N19O5S3. The first-order valence-electron chi connectivity index (χ1n) is 37.0. The molecule has 117 heavy (non-hydrogen) atoms. The summed E-state index contributed by atoms with van der Waals surface area (Å²) in [5.74, 6) is -1.46. The van der Waals surface area contributed by atoms with E-state index in [0.717, 1.165) is 76.1 Å². The lowest BCUT2D eigenvalue weighted by Gasteiger charge is -2.40. The van der Waals surface area contributed by atoms with E-state index in [0.29, 0.717) is 33.6 Å². The number of nitrogens with zero attached hydrogens (tertiary/aromatic N) is 15. The van der Waals surface area contributed by atoms with Crippen molar-refractivity contribution >= 4 is 97.6 Å². The molecule has 0 bridgehead atoms. The van der Waals surface area contributed by atoms with Crippen molar-refractivity contribution in [2.24, 2.45) is 48.8 Å². The average molecular weight is 1620 g/mol. The molecule has 0 fully saturated rings. The van der Waals surface area contributed by atoms with Crippen LogP contribution in [0.2, 0.25) is 0 Å². The Bertz CT molecular complexity index is 5960. The number of hydrogen-bond acceptors (Lipinski definition) is 22. The minimum absolute atomic E-state index is 0.0108. The Labute approximate surface area is 688 Å². The molecule has 9 N–H and O–H groups in total. The number of nitrogens with two attached hydrogens (primary N) is 4. The molecule has 11 aromatic rings. The molecule has 29 heteroatoms. The first-order valence-corrected chi connectivity index (χ1v) is 39.6. The monoisotopic (exact) mass is 1620 g/mol. The molecule has 6 atom stereocenters. The smallest absolute Gasteiger partial charge is 0.239 e.